The highest BCUT2D eigenvalue weighted by molar-refractivity contribution is 6.42. The van der Waals surface area contributed by atoms with Crippen LogP contribution < -0.4 is 10.9 Å². The number of benzene rings is 2. The van der Waals surface area contributed by atoms with Crippen LogP contribution in [-0.4, -0.2) is 35.3 Å². The van der Waals surface area contributed by atoms with Gasteiger partial charge in [0, 0.05) is 18.4 Å². The van der Waals surface area contributed by atoms with Gasteiger partial charge in [-0.1, -0.05) is 47.0 Å². The molecule has 8 heteroatoms. The normalized spacial score (nSPS) is 10.5. The summed E-state index contributed by atoms with van der Waals surface area (Å²) in [5, 5.41) is 3.31. The van der Waals surface area contributed by atoms with Crippen molar-refractivity contribution in [2.45, 2.75) is 6.92 Å². The predicted molar refractivity (Wildman–Crippen MR) is 119 cm³/mol. The largest absolute Gasteiger partial charge is 0.332 e. The van der Waals surface area contributed by atoms with Crippen molar-refractivity contribution in [1.82, 2.24) is 9.88 Å². The Morgan fingerprint density at radius 1 is 1.03 bits per heavy atom. The lowest BCUT2D eigenvalue weighted by Gasteiger charge is -2.17. The lowest BCUT2D eigenvalue weighted by molar-refractivity contribution is -0.116. The van der Waals surface area contributed by atoms with Crippen LogP contribution in [0, 0.1) is 6.92 Å². The minimum Gasteiger partial charge on any atom is -0.332 e. The molecule has 0 radical (unpaired) electrons. The molecule has 0 spiro atoms. The van der Waals surface area contributed by atoms with Gasteiger partial charge in [0.05, 0.1) is 16.6 Å². The first-order chi connectivity index (χ1) is 14.2. The molecule has 3 aromatic rings. The number of likely N-dealkylation sites (N-methyl/N-ethyl adjacent to an activating group) is 1. The molecule has 30 heavy (non-hydrogen) atoms. The summed E-state index contributed by atoms with van der Waals surface area (Å²) in [5.74, 6) is -0.992. The highest BCUT2D eigenvalue weighted by Crippen LogP contribution is 2.25. The van der Waals surface area contributed by atoms with Crippen LogP contribution in [0.5, 0.6) is 0 Å². The summed E-state index contributed by atoms with van der Waals surface area (Å²) in [4.78, 5) is 41.2. The Kier molecular flexibility index (Phi) is 6.59. The molecule has 1 aromatic heterocycles. The van der Waals surface area contributed by atoms with E-state index in [-0.39, 0.29) is 12.1 Å². The van der Waals surface area contributed by atoms with E-state index in [0.29, 0.717) is 21.4 Å². The molecule has 0 atom stereocenters. The van der Waals surface area contributed by atoms with E-state index in [1.807, 2.05) is 31.2 Å². The Morgan fingerprint density at radius 2 is 1.80 bits per heavy atom. The van der Waals surface area contributed by atoms with Crippen molar-refractivity contribution in [3.63, 3.8) is 0 Å². The Labute approximate surface area is 183 Å². The van der Waals surface area contributed by atoms with E-state index in [0.717, 1.165) is 11.1 Å². The van der Waals surface area contributed by atoms with Gasteiger partial charge >= 0.3 is 0 Å². The lowest BCUT2D eigenvalue weighted by Crippen LogP contribution is -2.37. The quantitative estimate of drug-likeness (QED) is 0.613. The first kappa shape index (κ1) is 21.6. The SMILES string of the molecule is Cc1cccc(-c2ccc(C(=O)N(C)CC(=O)Nc3ccc(Cl)c(Cl)c3)c(=O)[nH]2)c1. The fourth-order valence-corrected chi connectivity index (χ4v) is 3.19. The number of aryl methyl sites for hydroxylation is 1. The van der Waals surface area contributed by atoms with Crippen molar-refractivity contribution in [3.05, 3.63) is 86.1 Å². The number of amides is 2. The van der Waals surface area contributed by atoms with Crippen molar-refractivity contribution in [1.29, 1.82) is 0 Å². The Morgan fingerprint density at radius 3 is 2.47 bits per heavy atom. The van der Waals surface area contributed by atoms with E-state index in [2.05, 4.69) is 10.3 Å². The van der Waals surface area contributed by atoms with Crippen molar-refractivity contribution >= 4 is 40.7 Å². The smallest absolute Gasteiger partial charge is 0.261 e. The van der Waals surface area contributed by atoms with Crippen LogP contribution in [0.3, 0.4) is 0 Å². The zero-order chi connectivity index (χ0) is 21.8. The van der Waals surface area contributed by atoms with E-state index < -0.39 is 17.4 Å². The molecule has 0 saturated carbocycles. The molecule has 2 N–H and O–H groups in total. The number of hydrogen-bond acceptors (Lipinski definition) is 3. The van der Waals surface area contributed by atoms with Gasteiger partial charge < -0.3 is 15.2 Å². The van der Waals surface area contributed by atoms with Crippen molar-refractivity contribution in [3.8, 4) is 11.3 Å². The van der Waals surface area contributed by atoms with Gasteiger partial charge in [-0.3, -0.25) is 14.4 Å². The monoisotopic (exact) mass is 443 g/mol. The molecule has 0 unspecified atom stereocenters. The fraction of sp³-hybridized carbons (Fsp3) is 0.136. The molecule has 2 aromatic carbocycles. The summed E-state index contributed by atoms with van der Waals surface area (Å²) in [6.07, 6.45) is 0. The van der Waals surface area contributed by atoms with Gasteiger partial charge in [-0.15, -0.1) is 0 Å². The number of nitrogens with zero attached hydrogens (tertiary/aromatic N) is 1. The average Bonchev–Trinajstić information content (AvgIpc) is 2.70. The summed E-state index contributed by atoms with van der Waals surface area (Å²) in [5.41, 5.74) is 2.41. The van der Waals surface area contributed by atoms with Crippen LogP contribution in [0.2, 0.25) is 10.0 Å². The zero-order valence-corrected chi connectivity index (χ0v) is 17.8. The number of nitrogens with one attached hydrogen (secondary N) is 2. The molecular weight excluding hydrogens is 425 g/mol. The van der Waals surface area contributed by atoms with Gasteiger partial charge in [0.15, 0.2) is 0 Å². The standard InChI is InChI=1S/C22H19Cl2N3O3/c1-13-4-3-5-14(10-13)19-9-7-16(21(29)26-19)22(30)27(2)12-20(28)25-15-6-8-17(23)18(24)11-15/h3-11H,12H2,1-2H3,(H,25,28)(H,26,29). The molecule has 154 valence electrons. The van der Waals surface area contributed by atoms with Crippen LogP contribution in [0.15, 0.2) is 59.4 Å². The minimum atomic E-state index is -0.559. The Balaban J connectivity index is 1.70. The van der Waals surface area contributed by atoms with Crippen molar-refractivity contribution in [2.24, 2.45) is 0 Å². The van der Waals surface area contributed by atoms with Crippen LogP contribution in [0.1, 0.15) is 15.9 Å². The summed E-state index contributed by atoms with van der Waals surface area (Å²) >= 11 is 11.8. The van der Waals surface area contributed by atoms with Crippen molar-refractivity contribution in [2.75, 3.05) is 18.9 Å². The van der Waals surface area contributed by atoms with Gasteiger partial charge in [-0.25, -0.2) is 0 Å². The number of carbonyl (C=O) groups is 2. The van der Waals surface area contributed by atoms with E-state index in [1.54, 1.807) is 18.2 Å². The first-order valence-corrected chi connectivity index (χ1v) is 9.81. The summed E-state index contributed by atoms with van der Waals surface area (Å²) in [7, 11) is 1.45. The molecule has 0 fully saturated rings. The zero-order valence-electron chi connectivity index (χ0n) is 16.3. The number of halogens is 2. The van der Waals surface area contributed by atoms with Gasteiger partial charge in [0.1, 0.15) is 5.56 Å². The molecule has 0 aliphatic carbocycles. The maximum atomic E-state index is 12.6. The Hall–Kier alpha value is -3.09. The number of rotatable bonds is 5. The van der Waals surface area contributed by atoms with Crippen LogP contribution >= 0.6 is 23.2 Å². The molecule has 0 bridgehead atoms. The van der Waals surface area contributed by atoms with Crippen LogP contribution in [0.4, 0.5) is 5.69 Å². The first-order valence-electron chi connectivity index (χ1n) is 9.05. The summed E-state index contributed by atoms with van der Waals surface area (Å²) < 4.78 is 0. The third-order valence-corrected chi connectivity index (χ3v) is 5.14. The predicted octanol–water partition coefficient (Wildman–Crippen LogP) is 4.37. The number of aromatic amines is 1. The second-order valence-corrected chi connectivity index (χ2v) is 7.64. The lowest BCUT2D eigenvalue weighted by atomic mass is 10.1. The fourth-order valence-electron chi connectivity index (χ4n) is 2.89. The number of carbonyl (C=O) groups excluding carboxylic acids is 2. The second-order valence-electron chi connectivity index (χ2n) is 6.82. The molecule has 0 saturated heterocycles. The molecule has 0 aliphatic rings. The maximum Gasteiger partial charge on any atom is 0.261 e. The second kappa shape index (κ2) is 9.15. The molecule has 0 aliphatic heterocycles. The number of anilines is 1. The van der Waals surface area contributed by atoms with E-state index in [9.17, 15) is 14.4 Å². The van der Waals surface area contributed by atoms with Gasteiger partial charge in [0.25, 0.3) is 11.5 Å². The van der Waals surface area contributed by atoms with Crippen molar-refractivity contribution < 1.29 is 9.59 Å². The van der Waals surface area contributed by atoms with Gasteiger partial charge in [-0.05, 0) is 48.9 Å². The number of aromatic nitrogens is 1. The van der Waals surface area contributed by atoms with Gasteiger partial charge in [0.2, 0.25) is 5.91 Å². The molecule has 1 heterocycles. The number of hydrogen-bond donors (Lipinski definition) is 2. The maximum absolute atomic E-state index is 12.6. The third kappa shape index (κ3) is 5.09. The average molecular weight is 444 g/mol. The molecule has 2 amide bonds. The highest BCUT2D eigenvalue weighted by Gasteiger charge is 2.18. The third-order valence-electron chi connectivity index (χ3n) is 4.40. The topological polar surface area (TPSA) is 82.3 Å². The van der Waals surface area contributed by atoms with Crippen LogP contribution in [0.25, 0.3) is 11.3 Å². The van der Waals surface area contributed by atoms with E-state index in [1.165, 1.54) is 24.1 Å². The Bertz CT molecular complexity index is 1170. The minimum absolute atomic E-state index is 0.0451. The molecule has 3 rings (SSSR count). The van der Waals surface area contributed by atoms with E-state index in [4.69, 9.17) is 23.2 Å². The number of H-pyrrole nitrogens is 1. The molecular formula is C22H19Cl2N3O3. The van der Waals surface area contributed by atoms with E-state index >= 15 is 0 Å². The van der Waals surface area contributed by atoms with Crippen LogP contribution in [-0.2, 0) is 4.79 Å². The number of pyridine rings is 1. The van der Waals surface area contributed by atoms with Gasteiger partial charge in [-0.2, -0.15) is 0 Å². The molecule has 6 nitrogen and oxygen atoms in total. The summed E-state index contributed by atoms with van der Waals surface area (Å²) in [6.45, 7) is 1.72. The summed E-state index contributed by atoms with van der Waals surface area (Å²) in [6, 6.07) is 15.5. The highest BCUT2D eigenvalue weighted by atomic mass is 35.5.